The number of esters is 2. The Balaban J connectivity index is 2.47. The van der Waals surface area contributed by atoms with Crippen molar-refractivity contribution in [1.29, 1.82) is 0 Å². The molecule has 2 atom stereocenters. The van der Waals surface area contributed by atoms with Crippen molar-refractivity contribution in [1.82, 2.24) is 0 Å². The molecule has 0 aromatic heterocycles. The smallest absolute Gasteiger partial charge is 0.319 e. The highest BCUT2D eigenvalue weighted by atomic mass is 35.5. The Labute approximate surface area is 143 Å². The summed E-state index contributed by atoms with van der Waals surface area (Å²) >= 11 is 12.0. The number of Topliss-reactive ketones (excluding diaryl/α,β-unsaturated/α-hetero) is 1. The van der Waals surface area contributed by atoms with Gasteiger partial charge in [0.05, 0.1) is 19.4 Å². The molecule has 1 aliphatic heterocycles. The van der Waals surface area contributed by atoms with Crippen LogP contribution < -0.4 is 0 Å². The van der Waals surface area contributed by atoms with Gasteiger partial charge in [0.25, 0.3) is 0 Å². The number of ether oxygens (including phenoxy) is 2. The molecule has 23 heavy (non-hydrogen) atoms. The van der Waals surface area contributed by atoms with Crippen LogP contribution in [0.15, 0.2) is 18.2 Å². The van der Waals surface area contributed by atoms with Gasteiger partial charge in [-0.15, -0.1) is 0 Å². The average Bonchev–Trinajstić information content (AvgIpc) is 2.48. The molecule has 1 heterocycles. The summed E-state index contributed by atoms with van der Waals surface area (Å²) in [6, 6.07) is 4.65. The molecule has 0 aliphatic carbocycles. The second kappa shape index (κ2) is 6.49. The van der Waals surface area contributed by atoms with Crippen molar-refractivity contribution in [3.8, 4) is 0 Å². The molecule has 0 N–H and O–H groups in total. The third kappa shape index (κ3) is 3.35. The van der Waals surface area contributed by atoms with Gasteiger partial charge in [0, 0.05) is 15.6 Å². The van der Waals surface area contributed by atoms with E-state index in [-0.39, 0.29) is 17.2 Å². The quantitative estimate of drug-likeness (QED) is 0.611. The molecule has 1 aromatic rings. The molecule has 5 nitrogen and oxygen atoms in total. The van der Waals surface area contributed by atoms with Gasteiger partial charge in [-0.3, -0.25) is 14.4 Å². The Kier molecular flexibility index (Phi) is 5.01. The van der Waals surface area contributed by atoms with Crippen LogP contribution in [-0.4, -0.2) is 24.8 Å². The lowest BCUT2D eigenvalue weighted by Gasteiger charge is -2.38. The average molecular weight is 359 g/mol. The molecule has 1 aliphatic rings. The Morgan fingerprint density at radius 3 is 2.52 bits per heavy atom. The van der Waals surface area contributed by atoms with Gasteiger partial charge in [-0.05, 0) is 26.0 Å². The first-order valence-corrected chi connectivity index (χ1v) is 7.71. The fourth-order valence-electron chi connectivity index (χ4n) is 2.52. The maximum atomic E-state index is 12.7. The highest BCUT2D eigenvalue weighted by Gasteiger charge is 2.52. The predicted octanol–water partition coefficient (Wildman–Crippen LogP) is 3.37. The monoisotopic (exact) mass is 358 g/mol. The molecule has 2 rings (SSSR count). The highest BCUT2D eigenvalue weighted by molar-refractivity contribution is 6.35. The zero-order valence-corrected chi connectivity index (χ0v) is 14.4. The summed E-state index contributed by atoms with van der Waals surface area (Å²) in [4.78, 5) is 36.5. The van der Waals surface area contributed by atoms with Gasteiger partial charge >= 0.3 is 11.9 Å². The van der Waals surface area contributed by atoms with Crippen LogP contribution in [0.4, 0.5) is 0 Å². The van der Waals surface area contributed by atoms with Crippen LogP contribution in [0.25, 0.3) is 0 Å². The minimum absolute atomic E-state index is 0.199. The standard InChI is InChI=1S/C16H16Cl2O5/c1-16(2)14(20)10(7-12(19)22-3)13(23-15(16)21)9-5-4-8(17)6-11(9)18/h4-6,10,13H,7H2,1-3H3. The van der Waals surface area contributed by atoms with Crippen molar-refractivity contribution < 1.29 is 23.9 Å². The van der Waals surface area contributed by atoms with Crippen molar-refractivity contribution in [3.63, 3.8) is 0 Å². The zero-order valence-electron chi connectivity index (χ0n) is 12.9. The van der Waals surface area contributed by atoms with E-state index in [9.17, 15) is 14.4 Å². The van der Waals surface area contributed by atoms with Crippen molar-refractivity contribution in [2.45, 2.75) is 26.4 Å². The van der Waals surface area contributed by atoms with Crippen molar-refractivity contribution >= 4 is 40.9 Å². The van der Waals surface area contributed by atoms with E-state index in [1.807, 2.05) is 0 Å². The molecule has 1 fully saturated rings. The van der Waals surface area contributed by atoms with Crippen molar-refractivity contribution in [2.24, 2.45) is 11.3 Å². The van der Waals surface area contributed by atoms with Crippen LogP contribution in [0.3, 0.4) is 0 Å². The first kappa shape index (κ1) is 17.8. The van der Waals surface area contributed by atoms with Crippen molar-refractivity contribution in [2.75, 3.05) is 7.11 Å². The Bertz CT molecular complexity index is 668. The number of hydrogen-bond donors (Lipinski definition) is 0. The summed E-state index contributed by atoms with van der Waals surface area (Å²) in [5.74, 6) is -2.46. The molecule has 0 bridgehead atoms. The highest BCUT2D eigenvalue weighted by Crippen LogP contribution is 2.43. The largest absolute Gasteiger partial charge is 0.469 e. The molecule has 0 spiro atoms. The fraction of sp³-hybridized carbons (Fsp3) is 0.438. The lowest BCUT2D eigenvalue weighted by Crippen LogP contribution is -2.48. The third-order valence-electron chi connectivity index (χ3n) is 3.95. The van der Waals surface area contributed by atoms with E-state index in [2.05, 4.69) is 4.74 Å². The number of benzene rings is 1. The van der Waals surface area contributed by atoms with Crippen LogP contribution in [0.5, 0.6) is 0 Å². The molecule has 124 valence electrons. The summed E-state index contributed by atoms with van der Waals surface area (Å²) < 4.78 is 10.1. The maximum absolute atomic E-state index is 12.7. The lowest BCUT2D eigenvalue weighted by atomic mass is 9.74. The van der Waals surface area contributed by atoms with Crippen LogP contribution in [-0.2, 0) is 23.9 Å². The normalized spacial score (nSPS) is 23.3. The number of carbonyl (C=O) groups is 3. The molecule has 7 heteroatoms. The number of cyclic esters (lactones) is 1. The summed E-state index contributed by atoms with van der Waals surface area (Å²) in [6.45, 7) is 2.95. The second-order valence-corrected chi connectivity index (χ2v) is 6.71. The first-order valence-electron chi connectivity index (χ1n) is 6.95. The third-order valence-corrected chi connectivity index (χ3v) is 4.51. The van der Waals surface area contributed by atoms with E-state index >= 15 is 0 Å². The Hall–Kier alpha value is -1.59. The van der Waals surface area contributed by atoms with Crippen LogP contribution >= 0.6 is 23.2 Å². The Morgan fingerprint density at radius 2 is 1.96 bits per heavy atom. The molecular formula is C16H16Cl2O5. The number of ketones is 1. The number of halogens is 2. The molecular weight excluding hydrogens is 343 g/mol. The second-order valence-electron chi connectivity index (χ2n) is 5.87. The summed E-state index contributed by atoms with van der Waals surface area (Å²) in [5, 5.41) is 0.676. The van der Waals surface area contributed by atoms with E-state index in [0.717, 1.165) is 0 Å². The maximum Gasteiger partial charge on any atom is 0.319 e. The lowest BCUT2D eigenvalue weighted by molar-refractivity contribution is -0.181. The summed E-state index contributed by atoms with van der Waals surface area (Å²) in [5.41, 5.74) is -0.893. The predicted molar refractivity (Wildman–Crippen MR) is 84.2 cm³/mol. The minimum Gasteiger partial charge on any atom is -0.469 e. The minimum atomic E-state index is -1.33. The molecule has 0 amide bonds. The molecule has 1 saturated heterocycles. The Morgan fingerprint density at radius 1 is 1.30 bits per heavy atom. The number of methoxy groups -OCH3 is 1. The van der Waals surface area contributed by atoms with E-state index in [1.54, 1.807) is 12.1 Å². The molecule has 1 aromatic carbocycles. The summed E-state index contributed by atoms with van der Waals surface area (Å²) in [6.07, 6.45) is -1.15. The van der Waals surface area contributed by atoms with E-state index in [1.165, 1.54) is 27.0 Å². The van der Waals surface area contributed by atoms with Crippen LogP contribution in [0.1, 0.15) is 31.9 Å². The van der Waals surface area contributed by atoms with Gasteiger partial charge in [0.2, 0.25) is 0 Å². The number of hydrogen-bond acceptors (Lipinski definition) is 5. The van der Waals surface area contributed by atoms with Crippen LogP contribution in [0.2, 0.25) is 10.0 Å². The fourth-order valence-corrected chi connectivity index (χ4v) is 3.04. The van der Waals surface area contributed by atoms with E-state index < -0.39 is 29.4 Å². The zero-order chi connectivity index (χ0) is 17.4. The van der Waals surface area contributed by atoms with Gasteiger partial charge in [0.15, 0.2) is 5.78 Å². The summed E-state index contributed by atoms with van der Waals surface area (Å²) in [7, 11) is 1.23. The molecule has 2 unspecified atom stereocenters. The SMILES string of the molecule is COC(=O)CC1C(=O)C(C)(C)C(=O)OC1c1ccc(Cl)cc1Cl. The van der Waals surface area contributed by atoms with Gasteiger partial charge in [-0.1, -0.05) is 29.3 Å². The number of rotatable bonds is 3. The van der Waals surface area contributed by atoms with E-state index in [4.69, 9.17) is 27.9 Å². The van der Waals surface area contributed by atoms with Gasteiger partial charge in [0.1, 0.15) is 11.5 Å². The molecule has 0 radical (unpaired) electrons. The van der Waals surface area contributed by atoms with Gasteiger partial charge in [-0.25, -0.2) is 0 Å². The molecule has 0 saturated carbocycles. The topological polar surface area (TPSA) is 69.7 Å². The first-order chi connectivity index (χ1) is 10.7. The van der Waals surface area contributed by atoms with Crippen LogP contribution in [0, 0.1) is 11.3 Å². The van der Waals surface area contributed by atoms with E-state index in [0.29, 0.717) is 10.6 Å². The number of carbonyl (C=O) groups excluding carboxylic acids is 3. The van der Waals surface area contributed by atoms with Gasteiger partial charge < -0.3 is 9.47 Å². The van der Waals surface area contributed by atoms with Crippen molar-refractivity contribution in [3.05, 3.63) is 33.8 Å². The van der Waals surface area contributed by atoms with Gasteiger partial charge in [-0.2, -0.15) is 0 Å².